The number of carboxylic acids is 1. The Hall–Kier alpha value is -2.14. The number of rotatable bonds is 6. The van der Waals surface area contributed by atoms with Crippen LogP contribution < -0.4 is 0 Å². The number of carboxylic acid groups (broad SMARTS) is 1. The molecule has 0 radical (unpaired) electrons. The molecule has 0 saturated heterocycles. The molecular formula is C16H17NO4. The Labute approximate surface area is 122 Å². The highest BCUT2D eigenvalue weighted by atomic mass is 16.5. The zero-order valence-corrected chi connectivity index (χ0v) is 11.8. The lowest BCUT2D eigenvalue weighted by Gasteiger charge is -2.12. The van der Waals surface area contributed by atoms with E-state index in [9.17, 15) is 4.79 Å². The Morgan fingerprint density at radius 2 is 2.10 bits per heavy atom. The van der Waals surface area contributed by atoms with E-state index in [0.717, 1.165) is 31.2 Å². The van der Waals surface area contributed by atoms with Crippen molar-refractivity contribution in [2.45, 2.75) is 31.3 Å². The maximum absolute atomic E-state index is 10.8. The van der Waals surface area contributed by atoms with E-state index in [2.05, 4.69) is 5.16 Å². The highest BCUT2D eigenvalue weighted by molar-refractivity contribution is 5.85. The van der Waals surface area contributed by atoms with Gasteiger partial charge in [0.25, 0.3) is 0 Å². The average molecular weight is 287 g/mol. The molecule has 110 valence electrons. The number of carbonyl (C=O) groups is 1. The summed E-state index contributed by atoms with van der Waals surface area (Å²) in [6.45, 7) is 0. The van der Waals surface area contributed by atoms with Gasteiger partial charge in [0.05, 0.1) is 5.60 Å². The number of hydrogen-bond donors (Lipinski definition) is 1. The lowest BCUT2D eigenvalue weighted by Crippen LogP contribution is -2.12. The van der Waals surface area contributed by atoms with Crippen molar-refractivity contribution in [3.63, 3.8) is 0 Å². The Morgan fingerprint density at radius 1 is 1.38 bits per heavy atom. The molecule has 0 spiro atoms. The fraction of sp³-hybridized carbons (Fsp3) is 0.375. The third kappa shape index (κ3) is 2.97. The summed E-state index contributed by atoms with van der Waals surface area (Å²) in [5.74, 6) is -1.26. The monoisotopic (exact) mass is 287 g/mol. The molecule has 21 heavy (non-hydrogen) atoms. The number of benzene rings is 1. The Kier molecular flexibility index (Phi) is 3.51. The first-order chi connectivity index (χ1) is 10.1. The van der Waals surface area contributed by atoms with Crippen molar-refractivity contribution in [3.05, 3.63) is 41.7 Å². The van der Waals surface area contributed by atoms with Gasteiger partial charge in [0.15, 0.2) is 0 Å². The van der Waals surface area contributed by atoms with E-state index in [0.29, 0.717) is 5.69 Å². The van der Waals surface area contributed by atoms with Gasteiger partial charge in [0, 0.05) is 18.7 Å². The summed E-state index contributed by atoms with van der Waals surface area (Å²) in [6.07, 6.45) is 4.32. The van der Waals surface area contributed by atoms with Gasteiger partial charge in [-0.1, -0.05) is 29.4 Å². The Bertz CT molecular complexity index is 641. The third-order valence-corrected chi connectivity index (χ3v) is 4.08. The van der Waals surface area contributed by atoms with Crippen LogP contribution in [0.5, 0.6) is 0 Å². The van der Waals surface area contributed by atoms with Crippen molar-refractivity contribution in [2.24, 2.45) is 0 Å². The van der Waals surface area contributed by atoms with Gasteiger partial charge in [-0.3, -0.25) is 0 Å². The molecule has 0 bridgehead atoms. The summed E-state index contributed by atoms with van der Waals surface area (Å²) in [4.78, 5) is 10.8. The predicted molar refractivity (Wildman–Crippen MR) is 76.2 cm³/mol. The van der Waals surface area contributed by atoms with E-state index in [1.165, 1.54) is 11.6 Å². The number of hydrogen-bond acceptors (Lipinski definition) is 4. The zero-order valence-electron chi connectivity index (χ0n) is 11.8. The molecule has 1 aliphatic carbocycles. The van der Waals surface area contributed by atoms with Crippen LogP contribution in [0.3, 0.4) is 0 Å². The van der Waals surface area contributed by atoms with Gasteiger partial charge in [-0.15, -0.1) is 0 Å². The smallest absolute Gasteiger partial charge is 0.374 e. The van der Waals surface area contributed by atoms with Crippen LogP contribution in [0.4, 0.5) is 0 Å². The van der Waals surface area contributed by atoms with Gasteiger partial charge in [-0.05, 0) is 31.2 Å². The van der Waals surface area contributed by atoms with Gasteiger partial charge in [0.2, 0.25) is 5.76 Å². The van der Waals surface area contributed by atoms with Crippen molar-refractivity contribution in [1.29, 1.82) is 0 Å². The van der Waals surface area contributed by atoms with Crippen molar-refractivity contribution < 1.29 is 19.2 Å². The van der Waals surface area contributed by atoms with E-state index in [1.807, 2.05) is 24.3 Å². The Morgan fingerprint density at radius 3 is 2.62 bits per heavy atom. The van der Waals surface area contributed by atoms with Crippen molar-refractivity contribution in [1.82, 2.24) is 5.16 Å². The van der Waals surface area contributed by atoms with Crippen molar-refractivity contribution >= 4 is 5.97 Å². The molecule has 2 aromatic rings. The van der Waals surface area contributed by atoms with Crippen LogP contribution in [0.15, 0.2) is 34.9 Å². The molecule has 0 atom stereocenters. The summed E-state index contributed by atoms with van der Waals surface area (Å²) in [5, 5.41) is 12.6. The molecule has 1 saturated carbocycles. The van der Waals surface area contributed by atoms with Crippen LogP contribution in [0.2, 0.25) is 0 Å². The van der Waals surface area contributed by atoms with Crippen LogP contribution in [-0.2, 0) is 11.2 Å². The summed E-state index contributed by atoms with van der Waals surface area (Å²) >= 11 is 0. The topological polar surface area (TPSA) is 72.6 Å². The molecule has 1 heterocycles. The predicted octanol–water partition coefficient (Wildman–Crippen LogP) is 3.15. The van der Waals surface area contributed by atoms with Crippen molar-refractivity contribution in [3.8, 4) is 11.3 Å². The fourth-order valence-corrected chi connectivity index (χ4v) is 2.42. The molecule has 1 fully saturated rings. The quantitative estimate of drug-likeness (QED) is 0.883. The van der Waals surface area contributed by atoms with Gasteiger partial charge in [-0.2, -0.15) is 0 Å². The van der Waals surface area contributed by atoms with E-state index in [1.54, 1.807) is 7.11 Å². The van der Waals surface area contributed by atoms with Crippen molar-refractivity contribution in [2.75, 3.05) is 7.11 Å². The van der Waals surface area contributed by atoms with E-state index < -0.39 is 5.97 Å². The largest absolute Gasteiger partial charge is 0.475 e. The SMILES string of the molecule is COC1(CCc2ccc(-c3cc(C(=O)O)on3)cc2)CC1. The van der Waals surface area contributed by atoms with Gasteiger partial charge < -0.3 is 14.4 Å². The van der Waals surface area contributed by atoms with Crippen LogP contribution in [0.25, 0.3) is 11.3 Å². The number of nitrogens with zero attached hydrogens (tertiary/aromatic N) is 1. The molecule has 1 aromatic heterocycles. The van der Waals surface area contributed by atoms with E-state index >= 15 is 0 Å². The maximum atomic E-state index is 10.8. The lowest BCUT2D eigenvalue weighted by atomic mass is 10.0. The van der Waals surface area contributed by atoms with Gasteiger partial charge in [0.1, 0.15) is 5.69 Å². The molecular weight excluding hydrogens is 270 g/mol. The molecule has 5 heteroatoms. The number of aryl methyl sites for hydroxylation is 1. The normalized spacial score (nSPS) is 15.9. The molecule has 1 aromatic carbocycles. The highest BCUT2D eigenvalue weighted by Crippen LogP contribution is 2.42. The summed E-state index contributed by atoms with van der Waals surface area (Å²) < 4.78 is 10.3. The van der Waals surface area contributed by atoms with Gasteiger partial charge in [-0.25, -0.2) is 4.79 Å². The second-order valence-electron chi connectivity index (χ2n) is 5.47. The first-order valence-electron chi connectivity index (χ1n) is 6.96. The van der Waals surface area contributed by atoms with Crippen LogP contribution >= 0.6 is 0 Å². The van der Waals surface area contributed by atoms with Crippen LogP contribution in [-0.4, -0.2) is 28.9 Å². The minimum absolute atomic E-state index is 0.112. The third-order valence-electron chi connectivity index (χ3n) is 4.08. The van der Waals surface area contributed by atoms with Crippen LogP contribution in [0, 0.1) is 0 Å². The average Bonchev–Trinajstić information content (AvgIpc) is 3.11. The first-order valence-corrected chi connectivity index (χ1v) is 6.96. The second kappa shape index (κ2) is 5.33. The number of aromatic carboxylic acids is 1. The standard InChI is InChI=1S/C16H17NO4/c1-20-16(8-9-16)7-6-11-2-4-12(5-3-11)13-10-14(15(18)19)21-17-13/h2-5,10H,6-9H2,1H3,(H,18,19). The van der Waals surface area contributed by atoms with Gasteiger partial charge >= 0.3 is 5.97 Å². The minimum Gasteiger partial charge on any atom is -0.475 e. The molecule has 0 aliphatic heterocycles. The van der Waals surface area contributed by atoms with E-state index in [-0.39, 0.29) is 11.4 Å². The second-order valence-corrected chi connectivity index (χ2v) is 5.47. The number of ether oxygens (including phenoxy) is 1. The molecule has 3 rings (SSSR count). The number of aromatic nitrogens is 1. The summed E-state index contributed by atoms with van der Waals surface area (Å²) in [5.41, 5.74) is 2.74. The number of methoxy groups -OCH3 is 1. The zero-order chi connectivity index (χ0) is 14.9. The van der Waals surface area contributed by atoms with Crippen LogP contribution in [0.1, 0.15) is 35.4 Å². The molecule has 1 N–H and O–H groups in total. The fourth-order valence-electron chi connectivity index (χ4n) is 2.42. The minimum atomic E-state index is -1.11. The molecule has 0 amide bonds. The highest BCUT2D eigenvalue weighted by Gasteiger charge is 2.42. The lowest BCUT2D eigenvalue weighted by molar-refractivity contribution is 0.0652. The summed E-state index contributed by atoms with van der Waals surface area (Å²) in [7, 11) is 1.78. The molecule has 0 unspecified atom stereocenters. The maximum Gasteiger partial charge on any atom is 0.374 e. The molecule has 5 nitrogen and oxygen atoms in total. The summed E-state index contributed by atoms with van der Waals surface area (Å²) in [6, 6.07) is 9.38. The van der Waals surface area contributed by atoms with E-state index in [4.69, 9.17) is 14.4 Å². The Balaban J connectivity index is 1.67. The molecule has 1 aliphatic rings. The first kappa shape index (κ1) is 13.8.